The Morgan fingerprint density at radius 3 is 2.33 bits per heavy atom. The lowest BCUT2D eigenvalue weighted by Gasteiger charge is -2.56. The van der Waals surface area contributed by atoms with Crippen LogP contribution < -0.4 is 10.1 Å². The lowest BCUT2D eigenvalue weighted by molar-refractivity contribution is -0.129. The number of ether oxygens (including phenoxy) is 2. The molecule has 1 aromatic carbocycles. The highest BCUT2D eigenvalue weighted by molar-refractivity contribution is 5.79. The van der Waals surface area contributed by atoms with Crippen LogP contribution in [0.4, 0.5) is 4.79 Å². The number of aliphatic hydroxyl groups is 1. The number of likely N-dealkylation sites (tertiary alicyclic amines) is 1. The SMILES string of the molecule is COc1ccc(C23CCC(C(NC(=O)C4CCC(OC(=O)N5CC(O)C5)CC4)c4cc(-n5nnc(C(C)C)n5)ccn4)(CC2)CC3)cc1C. The fourth-order valence-electron chi connectivity index (χ4n) is 8.64. The van der Waals surface area contributed by atoms with Crippen molar-refractivity contribution in [2.75, 3.05) is 20.2 Å². The minimum atomic E-state index is -0.462. The van der Waals surface area contributed by atoms with Crippen LogP contribution >= 0.6 is 0 Å². The summed E-state index contributed by atoms with van der Waals surface area (Å²) in [6, 6.07) is 10.3. The van der Waals surface area contributed by atoms with Crippen LogP contribution in [0.25, 0.3) is 5.69 Å². The standard InChI is InChI=1S/C37H49N7O5/c1-23(2)33-40-42-44(41-33)27-11-18-38-30(20-27)32(39-34(46)25-5-8-29(9-6-25)49-35(47)43-21-28(45)22-43)37-15-12-36(13-16-37,14-17-37)26-7-10-31(48-4)24(3)19-26/h7,10-11,18-20,23,25,28-29,32,45H,5-6,8-9,12-17,21-22H2,1-4H3,(H,39,46). The van der Waals surface area contributed by atoms with Crippen LogP contribution in [0.5, 0.6) is 5.75 Å². The number of carbonyl (C=O) groups excluding carboxylic acids is 2. The van der Waals surface area contributed by atoms with Crippen molar-refractivity contribution in [2.24, 2.45) is 11.3 Å². The maximum atomic E-state index is 14.1. The Morgan fingerprint density at radius 1 is 1.00 bits per heavy atom. The van der Waals surface area contributed by atoms with E-state index in [0.29, 0.717) is 44.6 Å². The Kier molecular flexibility index (Phi) is 9.10. The molecule has 1 saturated heterocycles. The summed E-state index contributed by atoms with van der Waals surface area (Å²) >= 11 is 0. The number of benzene rings is 1. The molecule has 2 amide bonds. The van der Waals surface area contributed by atoms with E-state index in [1.807, 2.05) is 26.0 Å². The third-order valence-corrected chi connectivity index (χ3v) is 11.9. The Bertz CT molecular complexity index is 1650. The molecule has 2 aromatic heterocycles. The summed E-state index contributed by atoms with van der Waals surface area (Å²) in [5.41, 5.74) is 4.15. The Hall–Kier alpha value is -4.06. The summed E-state index contributed by atoms with van der Waals surface area (Å²) in [6.07, 6.45) is 9.45. The van der Waals surface area contributed by atoms with Crippen molar-refractivity contribution in [3.05, 3.63) is 59.2 Å². The van der Waals surface area contributed by atoms with Crippen LogP contribution in [-0.2, 0) is 14.9 Å². The number of amides is 2. The fraction of sp³-hybridized carbons (Fsp3) is 0.622. The zero-order valence-corrected chi connectivity index (χ0v) is 29.1. The van der Waals surface area contributed by atoms with Crippen molar-refractivity contribution < 1.29 is 24.2 Å². The van der Waals surface area contributed by atoms with E-state index in [2.05, 4.69) is 45.9 Å². The first-order valence-electron chi connectivity index (χ1n) is 17.9. The fourth-order valence-corrected chi connectivity index (χ4v) is 8.64. The number of β-amino-alcohol motifs (C(OH)–C–C–N with tert-alkyl or cyclic N) is 1. The van der Waals surface area contributed by atoms with Gasteiger partial charge in [0.1, 0.15) is 11.9 Å². The van der Waals surface area contributed by atoms with E-state index in [0.717, 1.165) is 61.2 Å². The molecule has 2 bridgehead atoms. The van der Waals surface area contributed by atoms with Gasteiger partial charge >= 0.3 is 6.09 Å². The van der Waals surface area contributed by atoms with Crippen molar-refractivity contribution in [3.8, 4) is 11.4 Å². The van der Waals surface area contributed by atoms with Crippen molar-refractivity contribution in [1.29, 1.82) is 0 Å². The second-order valence-electron chi connectivity index (χ2n) is 15.2. The highest BCUT2D eigenvalue weighted by atomic mass is 16.6. The molecule has 8 rings (SSSR count). The predicted molar refractivity (Wildman–Crippen MR) is 181 cm³/mol. The maximum Gasteiger partial charge on any atom is 0.410 e. The molecule has 49 heavy (non-hydrogen) atoms. The number of tetrazole rings is 1. The van der Waals surface area contributed by atoms with Crippen LogP contribution in [0.2, 0.25) is 0 Å². The first-order valence-corrected chi connectivity index (χ1v) is 17.9. The summed E-state index contributed by atoms with van der Waals surface area (Å²) in [7, 11) is 1.72. The number of aryl methyl sites for hydroxylation is 1. The second kappa shape index (κ2) is 13.3. The third kappa shape index (κ3) is 6.51. The van der Waals surface area contributed by atoms with E-state index in [-0.39, 0.29) is 46.8 Å². The van der Waals surface area contributed by atoms with Gasteiger partial charge in [0.25, 0.3) is 0 Å². The largest absolute Gasteiger partial charge is 0.496 e. The number of aliphatic hydroxyl groups excluding tert-OH is 1. The van der Waals surface area contributed by atoms with Gasteiger partial charge < -0.3 is 24.8 Å². The number of hydrogen-bond acceptors (Lipinski definition) is 9. The van der Waals surface area contributed by atoms with Crippen molar-refractivity contribution in [3.63, 3.8) is 0 Å². The summed E-state index contributed by atoms with van der Waals surface area (Å²) in [4.78, 5) is 34.5. The molecule has 12 heteroatoms. The topological polar surface area (TPSA) is 145 Å². The van der Waals surface area contributed by atoms with Gasteiger partial charge in [0, 0.05) is 18.0 Å². The average Bonchev–Trinajstić information content (AvgIpc) is 3.61. The van der Waals surface area contributed by atoms with Gasteiger partial charge in [-0.1, -0.05) is 26.0 Å². The molecule has 1 atom stereocenters. The van der Waals surface area contributed by atoms with E-state index in [4.69, 9.17) is 14.5 Å². The van der Waals surface area contributed by atoms with E-state index < -0.39 is 6.10 Å². The first kappa shape index (κ1) is 33.4. The van der Waals surface area contributed by atoms with Crippen LogP contribution in [-0.4, -0.2) is 79.6 Å². The van der Waals surface area contributed by atoms with Crippen LogP contribution in [0.3, 0.4) is 0 Å². The van der Waals surface area contributed by atoms with Crippen LogP contribution in [0.1, 0.15) is 113 Å². The molecular formula is C37H49N7O5. The maximum absolute atomic E-state index is 14.1. The van der Waals surface area contributed by atoms with E-state index in [1.54, 1.807) is 18.1 Å². The zero-order chi connectivity index (χ0) is 34.3. The third-order valence-electron chi connectivity index (χ3n) is 11.9. The molecule has 5 aliphatic rings. The molecule has 3 aromatic rings. The van der Waals surface area contributed by atoms with Gasteiger partial charge in [-0.15, -0.1) is 15.0 Å². The summed E-state index contributed by atoms with van der Waals surface area (Å²) in [5, 5.41) is 26.2. The average molecular weight is 672 g/mol. The minimum absolute atomic E-state index is 0.0383. The lowest BCUT2D eigenvalue weighted by Crippen LogP contribution is -2.54. The molecule has 2 N–H and O–H groups in total. The van der Waals surface area contributed by atoms with Gasteiger partial charge in [-0.3, -0.25) is 9.78 Å². The number of hydrogen-bond donors (Lipinski definition) is 2. The molecule has 0 spiro atoms. The van der Waals surface area contributed by atoms with Gasteiger partial charge in [0.05, 0.1) is 43.7 Å². The quantitative estimate of drug-likeness (QED) is 0.309. The summed E-state index contributed by atoms with van der Waals surface area (Å²) < 4.78 is 11.3. The van der Waals surface area contributed by atoms with E-state index in [9.17, 15) is 14.7 Å². The molecule has 3 heterocycles. The Morgan fingerprint density at radius 2 is 1.71 bits per heavy atom. The minimum Gasteiger partial charge on any atom is -0.496 e. The zero-order valence-electron chi connectivity index (χ0n) is 29.1. The number of carbonyl (C=O) groups is 2. The lowest BCUT2D eigenvalue weighted by atomic mass is 9.49. The molecule has 1 unspecified atom stereocenters. The van der Waals surface area contributed by atoms with Gasteiger partial charge in [-0.05, 0) is 117 Å². The van der Waals surface area contributed by atoms with Gasteiger partial charge in [0.2, 0.25) is 5.91 Å². The molecular weight excluding hydrogens is 622 g/mol. The molecule has 4 saturated carbocycles. The van der Waals surface area contributed by atoms with Crippen molar-refractivity contribution >= 4 is 12.0 Å². The number of nitrogens with zero attached hydrogens (tertiary/aromatic N) is 6. The van der Waals surface area contributed by atoms with Crippen molar-refractivity contribution in [2.45, 2.75) is 115 Å². The highest BCUT2D eigenvalue weighted by Gasteiger charge is 2.54. The molecule has 12 nitrogen and oxygen atoms in total. The van der Waals surface area contributed by atoms with E-state index in [1.165, 1.54) is 10.5 Å². The van der Waals surface area contributed by atoms with Gasteiger partial charge in [-0.25, -0.2) is 4.79 Å². The highest BCUT2D eigenvalue weighted by Crippen LogP contribution is 2.62. The van der Waals surface area contributed by atoms with Gasteiger partial charge in [-0.2, -0.15) is 0 Å². The number of rotatable bonds is 9. The van der Waals surface area contributed by atoms with Crippen LogP contribution in [0.15, 0.2) is 36.5 Å². The summed E-state index contributed by atoms with van der Waals surface area (Å²) in [6.45, 7) is 6.84. The molecule has 262 valence electrons. The Labute approximate surface area is 288 Å². The number of pyridine rings is 1. The van der Waals surface area contributed by atoms with Crippen LogP contribution in [0, 0.1) is 18.3 Å². The molecule has 4 aliphatic carbocycles. The first-order chi connectivity index (χ1) is 23.6. The number of methoxy groups -OCH3 is 1. The van der Waals surface area contributed by atoms with E-state index >= 15 is 0 Å². The Balaban J connectivity index is 1.10. The second-order valence-corrected chi connectivity index (χ2v) is 15.2. The predicted octanol–water partition coefficient (Wildman–Crippen LogP) is 5.32. The smallest absolute Gasteiger partial charge is 0.410 e. The van der Waals surface area contributed by atoms with Crippen molar-refractivity contribution in [1.82, 2.24) is 35.4 Å². The molecule has 5 fully saturated rings. The normalized spacial score (nSPS) is 27.4. The molecule has 1 aliphatic heterocycles. The van der Waals surface area contributed by atoms with Gasteiger partial charge in [0.15, 0.2) is 5.82 Å². The monoisotopic (exact) mass is 671 g/mol. The molecule has 0 radical (unpaired) electrons. The number of aromatic nitrogens is 5. The number of fused-ring (bicyclic) bond motifs is 3. The summed E-state index contributed by atoms with van der Waals surface area (Å²) in [5.74, 6) is 1.62. The number of nitrogens with one attached hydrogen (secondary N) is 1.